The van der Waals surface area contributed by atoms with Crippen LogP contribution in [0.25, 0.3) is 0 Å². The largest absolute Gasteiger partial charge is 0.484 e. The van der Waals surface area contributed by atoms with Crippen molar-refractivity contribution >= 4 is 5.91 Å². The number of benzene rings is 1. The third-order valence-corrected chi connectivity index (χ3v) is 3.12. The number of ether oxygens (including phenoxy) is 1. The highest BCUT2D eigenvalue weighted by molar-refractivity contribution is 5.78. The number of nitriles is 2. The molecule has 2 rings (SSSR count). The molecule has 1 amide bonds. The van der Waals surface area contributed by atoms with E-state index in [9.17, 15) is 4.79 Å². The zero-order valence-corrected chi connectivity index (χ0v) is 11.1. The van der Waals surface area contributed by atoms with Gasteiger partial charge in [0, 0.05) is 12.6 Å². The van der Waals surface area contributed by atoms with Gasteiger partial charge >= 0.3 is 0 Å². The van der Waals surface area contributed by atoms with Crippen LogP contribution in [0.4, 0.5) is 0 Å². The number of amides is 1. The average molecular weight is 269 g/mol. The van der Waals surface area contributed by atoms with E-state index in [1.165, 1.54) is 0 Å². The minimum Gasteiger partial charge on any atom is -0.484 e. The Balaban J connectivity index is 1.86. The second-order valence-corrected chi connectivity index (χ2v) is 4.65. The molecule has 0 aliphatic heterocycles. The Hall–Kier alpha value is -2.53. The fraction of sp³-hybridized carbons (Fsp3) is 0.400. The lowest BCUT2D eigenvalue weighted by Crippen LogP contribution is -2.37. The topological polar surface area (TPSA) is 77.1 Å². The van der Waals surface area contributed by atoms with E-state index < -0.39 is 0 Å². The summed E-state index contributed by atoms with van der Waals surface area (Å²) in [5, 5.41) is 17.3. The molecule has 0 aromatic heterocycles. The molecule has 0 atom stereocenters. The second-order valence-electron chi connectivity index (χ2n) is 4.65. The molecular weight excluding hydrogens is 254 g/mol. The molecule has 20 heavy (non-hydrogen) atoms. The van der Waals surface area contributed by atoms with Gasteiger partial charge in [-0.1, -0.05) is 0 Å². The number of carbonyl (C=O) groups excluding carboxylic acids is 1. The summed E-state index contributed by atoms with van der Waals surface area (Å²) < 4.78 is 5.42. The van der Waals surface area contributed by atoms with Gasteiger partial charge in [-0.3, -0.25) is 4.79 Å². The standard InChI is InChI=1S/C15H15N3O2/c16-8-1-9-18(13-4-5-13)15(19)11-20-14-6-2-12(10-17)3-7-14/h2-3,6-7,13H,1,4-5,9,11H2. The first kappa shape index (κ1) is 13.9. The van der Waals surface area contributed by atoms with Gasteiger partial charge in [0.15, 0.2) is 6.61 Å². The van der Waals surface area contributed by atoms with Crippen molar-refractivity contribution in [1.29, 1.82) is 10.5 Å². The second kappa shape index (κ2) is 6.58. The quantitative estimate of drug-likeness (QED) is 0.789. The van der Waals surface area contributed by atoms with Gasteiger partial charge in [0.25, 0.3) is 5.91 Å². The Bertz CT molecular complexity index is 550. The van der Waals surface area contributed by atoms with Crippen LogP contribution < -0.4 is 4.74 Å². The van der Waals surface area contributed by atoms with Crippen LogP contribution in [0.2, 0.25) is 0 Å². The monoisotopic (exact) mass is 269 g/mol. The van der Waals surface area contributed by atoms with Gasteiger partial charge < -0.3 is 9.64 Å². The number of nitrogens with zero attached hydrogens (tertiary/aromatic N) is 3. The molecule has 0 spiro atoms. The molecule has 0 heterocycles. The molecule has 1 aliphatic carbocycles. The lowest BCUT2D eigenvalue weighted by atomic mass is 10.2. The maximum absolute atomic E-state index is 12.1. The first-order valence-electron chi connectivity index (χ1n) is 6.54. The zero-order valence-electron chi connectivity index (χ0n) is 11.1. The molecule has 0 saturated heterocycles. The Kier molecular flexibility index (Phi) is 4.57. The summed E-state index contributed by atoms with van der Waals surface area (Å²) in [5.74, 6) is 0.473. The number of carbonyl (C=O) groups is 1. The van der Waals surface area contributed by atoms with E-state index in [1.807, 2.05) is 6.07 Å². The molecule has 0 bridgehead atoms. The first-order chi connectivity index (χ1) is 9.74. The number of rotatable bonds is 6. The van der Waals surface area contributed by atoms with Crippen molar-refractivity contribution in [2.45, 2.75) is 25.3 Å². The van der Waals surface area contributed by atoms with Crippen molar-refractivity contribution in [3.05, 3.63) is 29.8 Å². The van der Waals surface area contributed by atoms with Gasteiger partial charge in [0.1, 0.15) is 5.75 Å². The van der Waals surface area contributed by atoms with E-state index in [0.717, 1.165) is 12.8 Å². The first-order valence-corrected chi connectivity index (χ1v) is 6.54. The van der Waals surface area contributed by atoms with Crippen LogP contribution in [0.3, 0.4) is 0 Å². The Morgan fingerprint density at radius 3 is 2.55 bits per heavy atom. The highest BCUT2D eigenvalue weighted by Crippen LogP contribution is 2.27. The van der Waals surface area contributed by atoms with Crippen molar-refractivity contribution in [3.63, 3.8) is 0 Å². The van der Waals surface area contributed by atoms with Crippen LogP contribution in [0.15, 0.2) is 24.3 Å². The number of hydrogen-bond donors (Lipinski definition) is 0. The van der Waals surface area contributed by atoms with E-state index in [-0.39, 0.29) is 18.6 Å². The molecule has 102 valence electrons. The minimum atomic E-state index is -0.0906. The lowest BCUT2D eigenvalue weighted by molar-refractivity contribution is -0.133. The SMILES string of the molecule is N#CCCN(C(=O)COc1ccc(C#N)cc1)C1CC1. The van der Waals surface area contributed by atoms with Crippen LogP contribution in [-0.4, -0.2) is 30.0 Å². The van der Waals surface area contributed by atoms with Gasteiger partial charge in [-0.2, -0.15) is 10.5 Å². The molecule has 5 heteroatoms. The van der Waals surface area contributed by atoms with Gasteiger partial charge in [0.05, 0.1) is 24.1 Å². The van der Waals surface area contributed by atoms with Crippen molar-refractivity contribution in [1.82, 2.24) is 4.90 Å². The van der Waals surface area contributed by atoms with Crippen molar-refractivity contribution in [3.8, 4) is 17.9 Å². The predicted molar refractivity (Wildman–Crippen MR) is 71.6 cm³/mol. The molecule has 1 saturated carbocycles. The average Bonchev–Trinajstić information content (AvgIpc) is 3.31. The van der Waals surface area contributed by atoms with E-state index in [4.69, 9.17) is 15.3 Å². The molecule has 5 nitrogen and oxygen atoms in total. The smallest absolute Gasteiger partial charge is 0.260 e. The van der Waals surface area contributed by atoms with Gasteiger partial charge in [-0.15, -0.1) is 0 Å². The van der Waals surface area contributed by atoms with Gasteiger partial charge in [-0.25, -0.2) is 0 Å². The maximum atomic E-state index is 12.1. The third-order valence-electron chi connectivity index (χ3n) is 3.12. The summed E-state index contributed by atoms with van der Waals surface area (Å²) in [5.41, 5.74) is 0.553. The molecular formula is C15H15N3O2. The zero-order chi connectivity index (χ0) is 14.4. The highest BCUT2D eigenvalue weighted by Gasteiger charge is 2.32. The molecule has 0 radical (unpaired) electrons. The molecule has 1 aliphatic rings. The summed E-state index contributed by atoms with van der Waals surface area (Å²) in [7, 11) is 0. The van der Waals surface area contributed by atoms with E-state index in [0.29, 0.717) is 24.3 Å². The van der Waals surface area contributed by atoms with E-state index >= 15 is 0 Å². The highest BCUT2D eigenvalue weighted by atomic mass is 16.5. The minimum absolute atomic E-state index is 0.0339. The Labute approximate surface area is 118 Å². The van der Waals surface area contributed by atoms with Crippen molar-refractivity contribution in [2.24, 2.45) is 0 Å². The molecule has 1 aromatic carbocycles. The van der Waals surface area contributed by atoms with Gasteiger partial charge in [0.2, 0.25) is 0 Å². The summed E-state index contributed by atoms with van der Waals surface area (Å²) in [4.78, 5) is 13.8. The molecule has 0 unspecified atom stereocenters. The van der Waals surface area contributed by atoms with Crippen LogP contribution in [-0.2, 0) is 4.79 Å². The van der Waals surface area contributed by atoms with Crippen molar-refractivity contribution < 1.29 is 9.53 Å². The lowest BCUT2D eigenvalue weighted by Gasteiger charge is -2.21. The van der Waals surface area contributed by atoms with Crippen LogP contribution in [0, 0.1) is 22.7 Å². The summed E-state index contributed by atoms with van der Waals surface area (Å²) in [6.45, 7) is 0.435. The van der Waals surface area contributed by atoms with Crippen molar-refractivity contribution in [2.75, 3.05) is 13.2 Å². The maximum Gasteiger partial charge on any atom is 0.260 e. The summed E-state index contributed by atoms with van der Waals surface area (Å²) in [6, 6.07) is 11.0. The fourth-order valence-corrected chi connectivity index (χ4v) is 1.92. The normalized spacial score (nSPS) is 13.1. The molecule has 1 aromatic rings. The van der Waals surface area contributed by atoms with E-state index in [1.54, 1.807) is 29.2 Å². The predicted octanol–water partition coefficient (Wildman–Crippen LogP) is 1.84. The molecule has 1 fully saturated rings. The van der Waals surface area contributed by atoms with Crippen LogP contribution >= 0.6 is 0 Å². The van der Waals surface area contributed by atoms with Crippen LogP contribution in [0.5, 0.6) is 5.75 Å². The van der Waals surface area contributed by atoms with Gasteiger partial charge in [-0.05, 0) is 37.1 Å². The molecule has 0 N–H and O–H groups in total. The summed E-state index contributed by atoms with van der Waals surface area (Å²) >= 11 is 0. The Morgan fingerprint density at radius 1 is 1.30 bits per heavy atom. The van der Waals surface area contributed by atoms with Crippen LogP contribution in [0.1, 0.15) is 24.8 Å². The Morgan fingerprint density at radius 2 is 2.00 bits per heavy atom. The number of hydrogen-bond acceptors (Lipinski definition) is 4. The third kappa shape index (κ3) is 3.73. The summed E-state index contributed by atoms with van der Waals surface area (Å²) in [6.07, 6.45) is 2.36. The van der Waals surface area contributed by atoms with E-state index in [2.05, 4.69) is 6.07 Å². The fourth-order valence-electron chi connectivity index (χ4n) is 1.92.